The molecule has 0 atom stereocenters. The van der Waals surface area contributed by atoms with Crippen molar-refractivity contribution < 1.29 is 29.1 Å². The van der Waals surface area contributed by atoms with Gasteiger partial charge in [0, 0.05) is 11.6 Å². The van der Waals surface area contributed by atoms with Crippen LogP contribution in [-0.4, -0.2) is 33.2 Å². The van der Waals surface area contributed by atoms with Crippen LogP contribution in [0.2, 0.25) is 5.02 Å². The number of carbonyl (C=O) groups is 2. The average Bonchev–Trinajstić information content (AvgIpc) is 3.16. The van der Waals surface area contributed by atoms with E-state index in [-0.39, 0.29) is 21.9 Å². The maximum Gasteiger partial charge on any atom is 0.337 e. The first kappa shape index (κ1) is 20.6. The third-order valence-corrected chi connectivity index (χ3v) is 4.24. The van der Waals surface area contributed by atoms with Crippen molar-refractivity contribution in [1.82, 2.24) is 5.43 Å². The molecule has 1 amide bonds. The minimum Gasteiger partial charge on any atom is -0.502 e. The molecule has 3 N–H and O–H groups in total. The van der Waals surface area contributed by atoms with Gasteiger partial charge >= 0.3 is 11.7 Å². The van der Waals surface area contributed by atoms with Crippen LogP contribution < -0.4 is 5.43 Å². The first-order chi connectivity index (χ1) is 14.3. The molecule has 0 saturated heterocycles. The Morgan fingerprint density at radius 1 is 1.17 bits per heavy atom. The van der Waals surface area contributed by atoms with Crippen molar-refractivity contribution in [2.24, 2.45) is 5.10 Å². The highest BCUT2D eigenvalue weighted by Gasteiger charge is 2.20. The summed E-state index contributed by atoms with van der Waals surface area (Å²) in [6.07, 6.45) is 1.18. The maximum absolute atomic E-state index is 12.1. The van der Waals surface area contributed by atoms with Gasteiger partial charge in [-0.1, -0.05) is 23.7 Å². The highest BCUT2D eigenvalue weighted by atomic mass is 35.5. The number of hydrogen-bond donors (Lipinski definition) is 3. The van der Waals surface area contributed by atoms with E-state index in [1.807, 2.05) is 0 Å². The monoisotopic (exact) mass is 429 g/mol. The number of para-hydroxylation sites is 1. The smallest absolute Gasteiger partial charge is 0.337 e. The fourth-order valence-corrected chi connectivity index (χ4v) is 2.76. The van der Waals surface area contributed by atoms with Crippen LogP contribution in [0.4, 0.5) is 5.69 Å². The fraction of sp³-hybridized carbons (Fsp3) is 0. The molecule has 0 aliphatic carbocycles. The number of halogens is 1. The molecule has 30 heavy (non-hydrogen) atoms. The van der Waals surface area contributed by atoms with Crippen molar-refractivity contribution in [3.63, 3.8) is 0 Å². The zero-order valence-corrected chi connectivity index (χ0v) is 15.7. The second-order valence-corrected chi connectivity index (χ2v) is 6.24. The van der Waals surface area contributed by atoms with E-state index in [2.05, 4.69) is 10.5 Å². The van der Waals surface area contributed by atoms with E-state index in [0.29, 0.717) is 11.3 Å². The molecule has 1 aromatic heterocycles. The number of aromatic carboxylic acids is 1. The van der Waals surface area contributed by atoms with Gasteiger partial charge in [0.1, 0.15) is 11.5 Å². The average molecular weight is 430 g/mol. The molecule has 152 valence electrons. The number of furan rings is 1. The van der Waals surface area contributed by atoms with Crippen LogP contribution in [0.15, 0.2) is 58.0 Å². The van der Waals surface area contributed by atoms with Crippen molar-refractivity contribution in [1.29, 1.82) is 0 Å². The molecule has 0 saturated carbocycles. The number of carboxylic acid groups (broad SMARTS) is 1. The number of nitro benzene ring substituents is 1. The normalized spacial score (nSPS) is 10.8. The van der Waals surface area contributed by atoms with Gasteiger partial charge in [0.15, 0.2) is 0 Å². The lowest BCUT2D eigenvalue weighted by Crippen LogP contribution is -2.17. The van der Waals surface area contributed by atoms with E-state index in [9.17, 15) is 24.8 Å². The van der Waals surface area contributed by atoms with Gasteiger partial charge in [0.25, 0.3) is 5.91 Å². The van der Waals surface area contributed by atoms with E-state index in [0.717, 1.165) is 6.07 Å². The molecule has 0 spiro atoms. The minimum atomic E-state index is -1.15. The second kappa shape index (κ2) is 8.45. The Balaban J connectivity index is 1.72. The summed E-state index contributed by atoms with van der Waals surface area (Å²) in [5.74, 6) is -2.12. The maximum atomic E-state index is 12.1. The van der Waals surface area contributed by atoms with E-state index in [1.54, 1.807) is 12.1 Å². The SMILES string of the molecule is O=C(O)c1ccc(-c2ccc(/C=N\NC(=O)c3cccc([N+](=O)[O-])c3O)o2)cc1Cl. The highest BCUT2D eigenvalue weighted by Crippen LogP contribution is 2.29. The van der Waals surface area contributed by atoms with Gasteiger partial charge in [0.2, 0.25) is 5.75 Å². The van der Waals surface area contributed by atoms with E-state index < -0.39 is 28.2 Å². The van der Waals surface area contributed by atoms with Crippen LogP contribution in [0.5, 0.6) is 5.75 Å². The molecule has 3 aromatic rings. The summed E-state index contributed by atoms with van der Waals surface area (Å²) >= 11 is 5.94. The predicted molar refractivity (Wildman–Crippen MR) is 106 cm³/mol. The lowest BCUT2D eigenvalue weighted by Gasteiger charge is -2.03. The van der Waals surface area contributed by atoms with Crippen molar-refractivity contribution in [3.8, 4) is 17.1 Å². The zero-order chi connectivity index (χ0) is 21.8. The molecule has 1 heterocycles. The van der Waals surface area contributed by atoms with E-state index >= 15 is 0 Å². The highest BCUT2D eigenvalue weighted by molar-refractivity contribution is 6.33. The number of hydrogen-bond acceptors (Lipinski definition) is 7. The molecule has 0 unspecified atom stereocenters. The number of aromatic hydroxyl groups is 1. The van der Waals surface area contributed by atoms with Crippen molar-refractivity contribution in [3.05, 3.63) is 80.6 Å². The number of hydrazone groups is 1. The number of rotatable bonds is 6. The number of nitrogens with zero attached hydrogens (tertiary/aromatic N) is 2. The lowest BCUT2D eigenvalue weighted by molar-refractivity contribution is -0.385. The van der Waals surface area contributed by atoms with Crippen LogP contribution in [0.3, 0.4) is 0 Å². The topological polar surface area (TPSA) is 155 Å². The summed E-state index contributed by atoms with van der Waals surface area (Å²) in [5, 5.41) is 33.4. The van der Waals surface area contributed by atoms with Crippen LogP contribution in [0, 0.1) is 10.1 Å². The van der Waals surface area contributed by atoms with Crippen LogP contribution in [0.1, 0.15) is 26.5 Å². The molecule has 0 fully saturated rings. The molecule has 10 nitrogen and oxygen atoms in total. The Kier molecular flexibility index (Phi) is 5.79. The summed E-state index contributed by atoms with van der Waals surface area (Å²) in [5.41, 5.74) is 1.72. The van der Waals surface area contributed by atoms with Crippen molar-refractivity contribution in [2.45, 2.75) is 0 Å². The number of benzene rings is 2. The number of phenols is 1. The predicted octanol–water partition coefficient (Wildman–Crippen LogP) is 3.68. The van der Waals surface area contributed by atoms with Crippen LogP contribution >= 0.6 is 11.6 Å². The number of nitro groups is 1. The largest absolute Gasteiger partial charge is 0.502 e. The zero-order valence-electron chi connectivity index (χ0n) is 14.9. The van der Waals surface area contributed by atoms with Gasteiger partial charge in [-0.15, -0.1) is 0 Å². The van der Waals surface area contributed by atoms with Gasteiger partial charge < -0.3 is 14.6 Å². The van der Waals surface area contributed by atoms with Crippen LogP contribution in [0.25, 0.3) is 11.3 Å². The number of nitrogens with one attached hydrogen (secondary N) is 1. The molecular formula is C19H12ClN3O7. The Labute approximate surface area is 173 Å². The van der Waals surface area contributed by atoms with Crippen LogP contribution in [-0.2, 0) is 0 Å². The first-order valence-electron chi connectivity index (χ1n) is 8.20. The Morgan fingerprint density at radius 3 is 2.60 bits per heavy atom. The summed E-state index contributed by atoms with van der Waals surface area (Å²) in [6, 6.07) is 11.0. The summed E-state index contributed by atoms with van der Waals surface area (Å²) in [7, 11) is 0. The van der Waals surface area contributed by atoms with E-state index in [4.69, 9.17) is 21.1 Å². The molecule has 11 heteroatoms. The third kappa shape index (κ3) is 4.28. The molecule has 0 aliphatic rings. The van der Waals surface area contributed by atoms with Gasteiger partial charge in [-0.3, -0.25) is 14.9 Å². The standard InChI is InChI=1S/C19H12ClN3O7/c20-14-8-10(4-6-12(14)19(26)27)16-7-5-11(30-16)9-21-22-18(25)13-2-1-3-15(17(13)24)23(28)29/h1-9,24H,(H,22,25)(H,26,27)/b21-9-. The lowest BCUT2D eigenvalue weighted by atomic mass is 10.1. The molecule has 0 aliphatic heterocycles. The molecule has 0 radical (unpaired) electrons. The summed E-state index contributed by atoms with van der Waals surface area (Å²) in [4.78, 5) is 33.1. The van der Waals surface area contributed by atoms with Gasteiger partial charge in [0.05, 0.1) is 27.3 Å². The Bertz CT molecular complexity index is 1190. The number of amides is 1. The molecule has 3 rings (SSSR count). The number of carboxylic acids is 1. The number of carbonyl (C=O) groups excluding carboxylic acids is 1. The van der Waals surface area contributed by atoms with Crippen molar-refractivity contribution in [2.75, 3.05) is 0 Å². The van der Waals surface area contributed by atoms with E-state index in [1.165, 1.54) is 36.5 Å². The fourth-order valence-electron chi connectivity index (χ4n) is 2.50. The Hall–Kier alpha value is -4.18. The van der Waals surface area contributed by atoms with Gasteiger partial charge in [-0.2, -0.15) is 5.10 Å². The number of phenolic OH excluding ortho intramolecular Hbond substituents is 1. The quantitative estimate of drug-likeness (QED) is 0.306. The first-order valence-corrected chi connectivity index (χ1v) is 8.58. The summed E-state index contributed by atoms with van der Waals surface area (Å²) in [6.45, 7) is 0. The minimum absolute atomic E-state index is 0.0409. The molecular weight excluding hydrogens is 418 g/mol. The third-order valence-electron chi connectivity index (χ3n) is 3.92. The molecule has 0 bridgehead atoms. The van der Waals surface area contributed by atoms with Gasteiger partial charge in [-0.05, 0) is 30.3 Å². The Morgan fingerprint density at radius 2 is 1.93 bits per heavy atom. The summed E-state index contributed by atoms with van der Waals surface area (Å²) < 4.78 is 5.54. The second-order valence-electron chi connectivity index (χ2n) is 5.83. The molecule has 2 aromatic carbocycles. The van der Waals surface area contributed by atoms with Gasteiger partial charge in [-0.25, -0.2) is 10.2 Å². The van der Waals surface area contributed by atoms with Crippen molar-refractivity contribution >= 4 is 35.4 Å².